The van der Waals surface area contributed by atoms with Crippen LogP contribution in [0.2, 0.25) is 0 Å². The fourth-order valence-electron chi connectivity index (χ4n) is 2.29. The molecule has 0 fully saturated rings. The van der Waals surface area contributed by atoms with Gasteiger partial charge >= 0.3 is 0 Å². The molecule has 0 spiro atoms. The van der Waals surface area contributed by atoms with Gasteiger partial charge in [-0.3, -0.25) is 0 Å². The Hall–Kier alpha value is -0.550. The van der Waals surface area contributed by atoms with Gasteiger partial charge < -0.3 is 5.32 Å². The van der Waals surface area contributed by atoms with Gasteiger partial charge in [0.15, 0.2) is 0 Å². The molecule has 0 unspecified atom stereocenters. The molecule has 0 aliphatic heterocycles. The van der Waals surface area contributed by atoms with Crippen LogP contribution in [-0.4, -0.2) is 13.1 Å². The van der Waals surface area contributed by atoms with Crippen molar-refractivity contribution in [2.24, 2.45) is 5.41 Å². The molecule has 2 nitrogen and oxygen atoms in total. The van der Waals surface area contributed by atoms with Gasteiger partial charge in [0.05, 0.1) is 6.07 Å². The third-order valence-corrected chi connectivity index (χ3v) is 3.72. The molecule has 0 amide bonds. The lowest BCUT2D eigenvalue weighted by molar-refractivity contribution is 0.317. The average molecular weight is 266 g/mol. The van der Waals surface area contributed by atoms with Gasteiger partial charge in [-0.25, -0.2) is 0 Å². The summed E-state index contributed by atoms with van der Waals surface area (Å²) in [5, 5.41) is 12.1. The fourth-order valence-corrected chi connectivity index (χ4v) is 2.29. The molecule has 19 heavy (non-hydrogen) atoms. The molecule has 0 rings (SSSR count). The van der Waals surface area contributed by atoms with Crippen molar-refractivity contribution in [3.8, 4) is 6.07 Å². The third kappa shape index (κ3) is 13.7. The molecule has 2 heteroatoms. The molecule has 112 valence electrons. The highest BCUT2D eigenvalue weighted by atomic mass is 14.9. The van der Waals surface area contributed by atoms with Crippen LogP contribution in [0.4, 0.5) is 0 Å². The largest absolute Gasteiger partial charge is 0.316 e. The first-order valence-corrected chi connectivity index (χ1v) is 8.20. The van der Waals surface area contributed by atoms with Crippen LogP contribution in [-0.2, 0) is 0 Å². The Morgan fingerprint density at radius 3 is 2.11 bits per heavy atom. The summed E-state index contributed by atoms with van der Waals surface area (Å²) >= 11 is 0. The molecule has 1 N–H and O–H groups in total. The van der Waals surface area contributed by atoms with Crippen molar-refractivity contribution < 1.29 is 0 Å². The van der Waals surface area contributed by atoms with Crippen LogP contribution in [0.25, 0.3) is 0 Å². The molecule has 0 aromatic heterocycles. The maximum Gasteiger partial charge on any atom is 0.0621 e. The van der Waals surface area contributed by atoms with E-state index in [1.807, 2.05) is 0 Å². The van der Waals surface area contributed by atoms with Gasteiger partial charge in [-0.1, -0.05) is 65.7 Å². The second kappa shape index (κ2) is 12.5. The molecule has 0 saturated heterocycles. The van der Waals surface area contributed by atoms with Gasteiger partial charge in [0.25, 0.3) is 0 Å². The lowest BCUT2D eigenvalue weighted by atomic mass is 9.88. The average Bonchev–Trinajstić information content (AvgIpc) is 2.38. The zero-order valence-corrected chi connectivity index (χ0v) is 13.4. The Labute approximate surface area is 121 Å². The summed E-state index contributed by atoms with van der Waals surface area (Å²) in [6, 6.07) is 2.24. The van der Waals surface area contributed by atoms with E-state index in [9.17, 15) is 0 Å². The third-order valence-electron chi connectivity index (χ3n) is 3.72. The number of hydrogen-bond acceptors (Lipinski definition) is 2. The predicted octanol–water partition coefficient (Wildman–Crippen LogP) is 5.05. The van der Waals surface area contributed by atoms with Crippen LogP contribution in [0.1, 0.15) is 85.0 Å². The van der Waals surface area contributed by atoms with Crippen molar-refractivity contribution in [2.45, 2.75) is 85.0 Å². The monoisotopic (exact) mass is 266 g/mol. The zero-order valence-electron chi connectivity index (χ0n) is 13.4. The van der Waals surface area contributed by atoms with Crippen LogP contribution in [0, 0.1) is 16.7 Å². The minimum absolute atomic E-state index is 0.260. The van der Waals surface area contributed by atoms with E-state index in [0.29, 0.717) is 6.42 Å². The van der Waals surface area contributed by atoms with E-state index in [-0.39, 0.29) is 5.41 Å². The minimum Gasteiger partial charge on any atom is -0.316 e. The van der Waals surface area contributed by atoms with Crippen molar-refractivity contribution in [1.29, 1.82) is 5.26 Å². The Balaban J connectivity index is 3.24. The first-order valence-electron chi connectivity index (χ1n) is 8.20. The van der Waals surface area contributed by atoms with Gasteiger partial charge in [-0.05, 0) is 24.8 Å². The second-order valence-electron chi connectivity index (χ2n) is 6.47. The first-order chi connectivity index (χ1) is 9.12. The molecule has 0 radical (unpaired) electrons. The van der Waals surface area contributed by atoms with E-state index in [1.165, 1.54) is 51.4 Å². The zero-order chi connectivity index (χ0) is 14.4. The van der Waals surface area contributed by atoms with E-state index >= 15 is 0 Å². The molecular weight excluding hydrogens is 232 g/mol. The summed E-state index contributed by atoms with van der Waals surface area (Å²) < 4.78 is 0. The molecule has 0 saturated carbocycles. The van der Waals surface area contributed by atoms with E-state index in [4.69, 9.17) is 5.26 Å². The highest BCUT2D eigenvalue weighted by Gasteiger charge is 2.16. The number of rotatable bonds is 13. The number of nitriles is 1. The first kappa shape index (κ1) is 18.4. The van der Waals surface area contributed by atoms with Crippen molar-refractivity contribution in [3.63, 3.8) is 0 Å². The molecule has 0 aliphatic rings. The van der Waals surface area contributed by atoms with Gasteiger partial charge in [0.2, 0.25) is 0 Å². The van der Waals surface area contributed by atoms with Gasteiger partial charge in [0.1, 0.15) is 0 Å². The quantitative estimate of drug-likeness (QED) is 0.474. The van der Waals surface area contributed by atoms with Gasteiger partial charge in [-0.2, -0.15) is 5.26 Å². The van der Waals surface area contributed by atoms with Crippen LogP contribution in [0.3, 0.4) is 0 Å². The molecular formula is C17H34N2. The summed E-state index contributed by atoms with van der Waals surface area (Å²) in [6.45, 7) is 8.91. The SMILES string of the molecule is CCCCCCCCCCNCC(C)(C)CCC#N. The van der Waals surface area contributed by atoms with Crippen molar-refractivity contribution in [3.05, 3.63) is 0 Å². The van der Waals surface area contributed by atoms with E-state index in [1.54, 1.807) is 0 Å². The second-order valence-corrected chi connectivity index (χ2v) is 6.47. The number of unbranched alkanes of at least 4 members (excludes halogenated alkanes) is 7. The highest BCUT2D eigenvalue weighted by Crippen LogP contribution is 2.20. The van der Waals surface area contributed by atoms with Gasteiger partial charge in [-0.15, -0.1) is 0 Å². The van der Waals surface area contributed by atoms with Crippen molar-refractivity contribution in [2.75, 3.05) is 13.1 Å². The normalized spacial score (nSPS) is 11.5. The molecule has 0 atom stereocenters. The number of nitrogens with one attached hydrogen (secondary N) is 1. The van der Waals surface area contributed by atoms with Gasteiger partial charge in [0, 0.05) is 13.0 Å². The summed E-state index contributed by atoms with van der Waals surface area (Å²) in [6.07, 6.45) is 12.7. The minimum atomic E-state index is 0.260. The summed E-state index contributed by atoms with van der Waals surface area (Å²) in [4.78, 5) is 0. The Kier molecular flexibility index (Phi) is 12.1. The summed E-state index contributed by atoms with van der Waals surface area (Å²) in [5.41, 5.74) is 0.260. The summed E-state index contributed by atoms with van der Waals surface area (Å²) in [5.74, 6) is 0. The molecule has 0 aromatic rings. The number of nitrogens with zero attached hydrogens (tertiary/aromatic N) is 1. The maximum atomic E-state index is 8.61. The van der Waals surface area contributed by atoms with Crippen LogP contribution in [0.5, 0.6) is 0 Å². The molecule has 0 aromatic carbocycles. The lowest BCUT2D eigenvalue weighted by Crippen LogP contribution is -2.30. The maximum absolute atomic E-state index is 8.61. The molecule has 0 bridgehead atoms. The van der Waals surface area contributed by atoms with Crippen LogP contribution in [0.15, 0.2) is 0 Å². The Bertz CT molecular complexity index is 228. The lowest BCUT2D eigenvalue weighted by Gasteiger charge is -2.23. The fraction of sp³-hybridized carbons (Fsp3) is 0.941. The molecule has 0 heterocycles. The van der Waals surface area contributed by atoms with E-state index < -0.39 is 0 Å². The topological polar surface area (TPSA) is 35.8 Å². The van der Waals surface area contributed by atoms with Crippen molar-refractivity contribution >= 4 is 0 Å². The van der Waals surface area contributed by atoms with Crippen LogP contribution < -0.4 is 5.32 Å². The van der Waals surface area contributed by atoms with E-state index in [0.717, 1.165) is 19.5 Å². The van der Waals surface area contributed by atoms with Crippen LogP contribution >= 0.6 is 0 Å². The summed E-state index contributed by atoms with van der Waals surface area (Å²) in [7, 11) is 0. The predicted molar refractivity (Wildman–Crippen MR) is 84.1 cm³/mol. The standard InChI is InChI=1S/C17H34N2/c1-4-5-6-7-8-9-10-11-15-19-16-17(2,3)13-12-14-18/h19H,4-13,15-16H2,1-3H3. The number of hydrogen-bond donors (Lipinski definition) is 1. The van der Waals surface area contributed by atoms with Crippen molar-refractivity contribution in [1.82, 2.24) is 5.32 Å². The Morgan fingerprint density at radius 1 is 0.947 bits per heavy atom. The smallest absolute Gasteiger partial charge is 0.0621 e. The van der Waals surface area contributed by atoms with E-state index in [2.05, 4.69) is 32.2 Å². The Morgan fingerprint density at radius 2 is 1.53 bits per heavy atom. The molecule has 0 aliphatic carbocycles. The highest BCUT2D eigenvalue weighted by molar-refractivity contribution is 4.78.